The molecule has 202 valence electrons. The quantitative estimate of drug-likeness (QED) is 0.278. The fourth-order valence-corrected chi connectivity index (χ4v) is 5.39. The molecule has 1 aliphatic heterocycles. The highest BCUT2D eigenvalue weighted by atomic mass is 32.1. The van der Waals surface area contributed by atoms with E-state index in [0.29, 0.717) is 23.8 Å². The van der Waals surface area contributed by atoms with Crippen molar-refractivity contribution in [1.29, 1.82) is 0 Å². The number of amides is 1. The van der Waals surface area contributed by atoms with E-state index in [-0.39, 0.29) is 30.3 Å². The van der Waals surface area contributed by atoms with Gasteiger partial charge in [-0.05, 0) is 76.0 Å². The Kier molecular flexibility index (Phi) is 9.33. The molecule has 4 rings (SSSR count). The van der Waals surface area contributed by atoms with Gasteiger partial charge in [0.05, 0.1) is 24.3 Å². The molecule has 0 aliphatic carbocycles. The second-order valence-corrected chi connectivity index (χ2v) is 10.3. The number of carbonyl (C=O) groups excluding carboxylic acids is 2. The third-order valence-corrected chi connectivity index (χ3v) is 7.36. The number of rotatable bonds is 9. The summed E-state index contributed by atoms with van der Waals surface area (Å²) >= 11 is 5.60. The van der Waals surface area contributed by atoms with Crippen LogP contribution in [-0.4, -0.2) is 64.1 Å². The Morgan fingerprint density at radius 2 is 1.97 bits per heavy atom. The number of carbonyl (C=O) groups is 2. The summed E-state index contributed by atoms with van der Waals surface area (Å²) < 4.78 is 5.03. The van der Waals surface area contributed by atoms with Crippen LogP contribution >= 0.6 is 12.2 Å². The Morgan fingerprint density at radius 3 is 2.74 bits per heavy atom. The van der Waals surface area contributed by atoms with Gasteiger partial charge in [0.15, 0.2) is 5.11 Å². The van der Waals surface area contributed by atoms with E-state index in [9.17, 15) is 9.59 Å². The Balaban J connectivity index is 1.32. The summed E-state index contributed by atoms with van der Waals surface area (Å²) in [6, 6.07) is 11.9. The maximum Gasteiger partial charge on any atom is 0.307 e. The average Bonchev–Trinajstić information content (AvgIpc) is 3.31. The van der Waals surface area contributed by atoms with Crippen LogP contribution in [0, 0.1) is 6.92 Å². The second-order valence-electron chi connectivity index (χ2n) is 9.87. The molecule has 0 bridgehead atoms. The number of H-pyrrole nitrogens is 1. The monoisotopic (exact) mass is 535 g/mol. The Morgan fingerprint density at radius 1 is 1.21 bits per heavy atom. The van der Waals surface area contributed by atoms with Crippen LogP contribution < -0.4 is 10.6 Å². The summed E-state index contributed by atoms with van der Waals surface area (Å²) in [6.07, 6.45) is 4.74. The van der Waals surface area contributed by atoms with Gasteiger partial charge in [0.2, 0.25) is 0 Å². The second kappa shape index (κ2) is 12.9. The average molecular weight is 536 g/mol. The number of pyridine rings is 1. The molecular formula is C29H37N5O3S. The summed E-state index contributed by atoms with van der Waals surface area (Å²) in [7, 11) is 0. The van der Waals surface area contributed by atoms with E-state index in [1.54, 1.807) is 6.92 Å². The van der Waals surface area contributed by atoms with E-state index < -0.39 is 0 Å². The molecule has 8 nitrogen and oxygen atoms in total. The molecule has 1 atom stereocenters. The molecular weight excluding hydrogens is 498 g/mol. The van der Waals surface area contributed by atoms with E-state index in [4.69, 9.17) is 21.9 Å². The molecule has 1 amide bonds. The number of hydrogen-bond donors (Lipinski definition) is 3. The molecule has 1 unspecified atom stereocenters. The first-order valence-electron chi connectivity index (χ1n) is 13.4. The van der Waals surface area contributed by atoms with Crippen LogP contribution in [0.1, 0.15) is 66.3 Å². The van der Waals surface area contributed by atoms with Crippen LogP contribution in [0.25, 0.3) is 10.9 Å². The number of piperidine rings is 1. The largest absolute Gasteiger partial charge is 0.466 e. The van der Waals surface area contributed by atoms with Crippen LogP contribution in [0.2, 0.25) is 0 Å². The molecule has 1 fully saturated rings. The summed E-state index contributed by atoms with van der Waals surface area (Å²) in [6.45, 7) is 8.14. The Hall–Kier alpha value is -3.46. The van der Waals surface area contributed by atoms with Gasteiger partial charge in [-0.25, -0.2) is 0 Å². The standard InChI is InChI=1S/C29H37N5O3S/c1-4-37-26(35)17-20(3)33-29(38)34-15-12-21(13-16-34)27-24(10-9-19(2)32-27)28(36)30-14-11-22-18-31-25-8-6-5-7-23(22)25/h5-10,18,20-21,31H,4,11-17H2,1-3H3,(H,30,36)(H,33,38). The highest BCUT2D eigenvalue weighted by Gasteiger charge is 2.27. The van der Waals surface area contributed by atoms with Gasteiger partial charge in [-0.1, -0.05) is 18.2 Å². The predicted octanol–water partition coefficient (Wildman–Crippen LogP) is 4.24. The van der Waals surface area contributed by atoms with Crippen molar-refractivity contribution in [1.82, 2.24) is 25.5 Å². The molecule has 1 saturated heterocycles. The van der Waals surface area contributed by atoms with Gasteiger partial charge in [0, 0.05) is 54.4 Å². The van der Waals surface area contributed by atoms with E-state index in [1.165, 1.54) is 10.9 Å². The number of likely N-dealkylation sites (tertiary alicyclic amines) is 1. The lowest BCUT2D eigenvalue weighted by molar-refractivity contribution is -0.143. The van der Waals surface area contributed by atoms with E-state index >= 15 is 0 Å². The van der Waals surface area contributed by atoms with Crippen LogP contribution in [0.15, 0.2) is 42.6 Å². The number of nitrogens with zero attached hydrogens (tertiary/aromatic N) is 2. The fourth-order valence-electron chi connectivity index (χ4n) is 5.00. The van der Waals surface area contributed by atoms with Crippen molar-refractivity contribution in [3.8, 4) is 0 Å². The molecule has 1 aliphatic rings. The summed E-state index contributed by atoms with van der Waals surface area (Å²) in [4.78, 5) is 35.2. The van der Waals surface area contributed by atoms with Gasteiger partial charge < -0.3 is 25.3 Å². The van der Waals surface area contributed by atoms with Crippen LogP contribution in [0.3, 0.4) is 0 Å². The number of aromatic amines is 1. The van der Waals surface area contributed by atoms with Crippen LogP contribution in [0.5, 0.6) is 0 Å². The summed E-state index contributed by atoms with van der Waals surface area (Å²) in [5, 5.41) is 8.19. The normalized spacial score (nSPS) is 14.8. The minimum Gasteiger partial charge on any atom is -0.466 e. The molecule has 3 aromatic rings. The van der Waals surface area contributed by atoms with Gasteiger partial charge in [0.1, 0.15) is 0 Å². The van der Waals surface area contributed by atoms with Crippen LogP contribution in [0.4, 0.5) is 0 Å². The molecule has 3 N–H and O–H groups in total. The number of esters is 1. The van der Waals surface area contributed by atoms with Crippen molar-refractivity contribution < 1.29 is 14.3 Å². The highest BCUT2D eigenvalue weighted by molar-refractivity contribution is 7.80. The topological polar surface area (TPSA) is 99.3 Å². The van der Waals surface area contributed by atoms with Crippen molar-refractivity contribution in [2.45, 2.75) is 58.4 Å². The zero-order valence-electron chi connectivity index (χ0n) is 22.4. The number of benzene rings is 1. The van der Waals surface area contributed by atoms with Crippen molar-refractivity contribution in [2.24, 2.45) is 0 Å². The third-order valence-electron chi connectivity index (χ3n) is 6.98. The number of para-hydroxylation sites is 1. The Labute approximate surface area is 229 Å². The number of nitrogens with one attached hydrogen (secondary N) is 3. The maximum absolute atomic E-state index is 13.2. The number of aryl methyl sites for hydroxylation is 1. The number of ether oxygens (including phenoxy) is 1. The molecule has 2 aromatic heterocycles. The fraction of sp³-hybridized carbons (Fsp3) is 0.448. The maximum atomic E-state index is 13.2. The lowest BCUT2D eigenvalue weighted by Gasteiger charge is -2.35. The SMILES string of the molecule is CCOC(=O)CC(C)NC(=S)N1CCC(c2nc(C)ccc2C(=O)NCCc2c[nH]c3ccccc23)CC1. The van der Waals surface area contributed by atoms with Crippen LogP contribution in [-0.2, 0) is 16.0 Å². The molecule has 0 saturated carbocycles. The molecule has 0 spiro atoms. The lowest BCUT2D eigenvalue weighted by atomic mass is 9.90. The zero-order chi connectivity index (χ0) is 27.1. The minimum absolute atomic E-state index is 0.0836. The van der Waals surface area contributed by atoms with Crippen molar-refractivity contribution in [3.63, 3.8) is 0 Å². The van der Waals surface area contributed by atoms with Gasteiger partial charge in [-0.2, -0.15) is 0 Å². The molecule has 3 heterocycles. The predicted molar refractivity (Wildman–Crippen MR) is 153 cm³/mol. The third kappa shape index (κ3) is 6.89. The number of hydrogen-bond acceptors (Lipinski definition) is 5. The molecule has 0 radical (unpaired) electrons. The highest BCUT2D eigenvalue weighted by Crippen LogP contribution is 2.29. The van der Waals surface area contributed by atoms with Gasteiger partial charge in [0.25, 0.3) is 5.91 Å². The van der Waals surface area contributed by atoms with Crippen molar-refractivity contribution in [2.75, 3.05) is 26.2 Å². The molecule has 9 heteroatoms. The first-order valence-corrected chi connectivity index (χ1v) is 13.8. The lowest BCUT2D eigenvalue weighted by Crippen LogP contribution is -2.47. The number of thiocarbonyl (C=S) groups is 1. The van der Waals surface area contributed by atoms with E-state index in [2.05, 4.69) is 32.7 Å². The van der Waals surface area contributed by atoms with E-state index in [0.717, 1.165) is 49.3 Å². The van der Waals surface area contributed by atoms with Gasteiger partial charge in [-0.15, -0.1) is 0 Å². The molecule has 1 aromatic carbocycles. The number of aromatic nitrogens is 2. The minimum atomic E-state index is -0.230. The summed E-state index contributed by atoms with van der Waals surface area (Å²) in [5.74, 6) is -0.133. The first kappa shape index (κ1) is 27.6. The number of fused-ring (bicyclic) bond motifs is 1. The first-order chi connectivity index (χ1) is 18.4. The van der Waals surface area contributed by atoms with Crippen molar-refractivity contribution >= 4 is 40.1 Å². The van der Waals surface area contributed by atoms with E-state index in [1.807, 2.05) is 44.3 Å². The van der Waals surface area contributed by atoms with Crippen molar-refractivity contribution in [3.05, 3.63) is 65.1 Å². The summed E-state index contributed by atoms with van der Waals surface area (Å²) in [5.41, 5.74) is 4.72. The van der Waals surface area contributed by atoms with Gasteiger partial charge in [-0.3, -0.25) is 14.6 Å². The van der Waals surface area contributed by atoms with Gasteiger partial charge >= 0.3 is 5.97 Å². The molecule has 38 heavy (non-hydrogen) atoms. The smallest absolute Gasteiger partial charge is 0.307 e. The zero-order valence-corrected chi connectivity index (χ0v) is 23.2. The Bertz CT molecular complexity index is 1280.